The van der Waals surface area contributed by atoms with Crippen LogP contribution in [0.1, 0.15) is 17.2 Å². The van der Waals surface area contributed by atoms with Crippen LogP contribution in [0.3, 0.4) is 0 Å². The summed E-state index contributed by atoms with van der Waals surface area (Å²) in [5.74, 6) is 0.373. The molecule has 2 aromatic carbocycles. The summed E-state index contributed by atoms with van der Waals surface area (Å²) in [7, 11) is 5.62. The average molecular weight is 467 g/mol. The van der Waals surface area contributed by atoms with Crippen LogP contribution in [0.4, 0.5) is 4.79 Å². The Morgan fingerprint density at radius 1 is 0.968 bits per heavy atom. The van der Waals surface area contributed by atoms with Crippen LogP contribution in [0.5, 0.6) is 17.2 Å². The molecule has 1 heterocycles. The molecule has 1 aliphatic heterocycles. The third-order valence-corrected chi connectivity index (χ3v) is 5.36. The number of ether oxygens (including phenoxy) is 4. The number of hydrogen-bond acceptors (Lipinski definition) is 6. The Bertz CT molecular complexity index is 1050. The SMILES string of the molecule is COC(=O)C1=C(c2ccc(OC)cc2)NC(=O)NC1c1cc(Cl)c(OC)c(Cl)c1OC. The predicted octanol–water partition coefficient (Wildman–Crippen LogP) is 3.96. The highest BCUT2D eigenvalue weighted by atomic mass is 35.5. The maximum Gasteiger partial charge on any atom is 0.338 e. The molecule has 0 spiro atoms. The van der Waals surface area contributed by atoms with Gasteiger partial charge in [-0.15, -0.1) is 0 Å². The van der Waals surface area contributed by atoms with Gasteiger partial charge in [-0.3, -0.25) is 0 Å². The molecule has 10 heteroatoms. The normalized spacial score (nSPS) is 15.7. The minimum Gasteiger partial charge on any atom is -0.497 e. The third-order valence-electron chi connectivity index (χ3n) is 4.74. The Labute approximate surface area is 189 Å². The smallest absolute Gasteiger partial charge is 0.338 e. The fourth-order valence-electron chi connectivity index (χ4n) is 3.32. The number of halogens is 2. The van der Waals surface area contributed by atoms with Gasteiger partial charge in [0.2, 0.25) is 0 Å². The van der Waals surface area contributed by atoms with Crippen molar-refractivity contribution in [2.75, 3.05) is 28.4 Å². The lowest BCUT2D eigenvalue weighted by molar-refractivity contribution is -0.136. The van der Waals surface area contributed by atoms with Gasteiger partial charge in [0.05, 0.1) is 50.8 Å². The zero-order chi connectivity index (χ0) is 22.7. The van der Waals surface area contributed by atoms with Crippen LogP contribution in [-0.4, -0.2) is 40.4 Å². The number of urea groups is 1. The Balaban J connectivity index is 2.27. The third kappa shape index (κ3) is 4.22. The van der Waals surface area contributed by atoms with E-state index >= 15 is 0 Å². The molecule has 0 radical (unpaired) electrons. The van der Waals surface area contributed by atoms with Crippen molar-refractivity contribution in [3.05, 3.63) is 57.1 Å². The standard InChI is InChI=1S/C21H20Cl2N2O6/c1-28-11-7-5-10(6-8-11)16-14(20(26)31-4)17(25-21(27)24-16)12-9-13(22)19(30-3)15(23)18(12)29-2/h5-9,17H,1-4H3,(H2,24,25,27). The van der Waals surface area contributed by atoms with Crippen LogP contribution in [0.15, 0.2) is 35.9 Å². The van der Waals surface area contributed by atoms with Crippen LogP contribution in [0, 0.1) is 0 Å². The number of hydrogen-bond donors (Lipinski definition) is 2. The van der Waals surface area contributed by atoms with E-state index in [1.165, 1.54) is 27.4 Å². The molecule has 31 heavy (non-hydrogen) atoms. The summed E-state index contributed by atoms with van der Waals surface area (Å²) < 4.78 is 20.9. The van der Waals surface area contributed by atoms with Crippen LogP contribution in [0.2, 0.25) is 10.0 Å². The Hall–Kier alpha value is -3.10. The van der Waals surface area contributed by atoms with Gasteiger partial charge >= 0.3 is 12.0 Å². The fraction of sp³-hybridized carbons (Fsp3) is 0.238. The van der Waals surface area contributed by atoms with E-state index in [-0.39, 0.29) is 32.8 Å². The number of benzene rings is 2. The second-order valence-electron chi connectivity index (χ2n) is 6.37. The van der Waals surface area contributed by atoms with Gasteiger partial charge in [-0.25, -0.2) is 9.59 Å². The average Bonchev–Trinajstić information content (AvgIpc) is 2.78. The first-order valence-corrected chi connectivity index (χ1v) is 9.76. The zero-order valence-electron chi connectivity index (χ0n) is 17.2. The van der Waals surface area contributed by atoms with Crippen molar-refractivity contribution in [2.24, 2.45) is 0 Å². The Kier molecular flexibility index (Phi) is 6.82. The van der Waals surface area contributed by atoms with Crippen molar-refractivity contribution in [2.45, 2.75) is 6.04 Å². The van der Waals surface area contributed by atoms with Crippen molar-refractivity contribution in [3.8, 4) is 17.2 Å². The lowest BCUT2D eigenvalue weighted by atomic mass is 9.92. The number of methoxy groups -OCH3 is 4. The van der Waals surface area contributed by atoms with Gasteiger partial charge in [0.15, 0.2) is 5.75 Å². The van der Waals surface area contributed by atoms with Gasteiger partial charge in [0.1, 0.15) is 16.5 Å². The van der Waals surface area contributed by atoms with Crippen molar-refractivity contribution in [1.29, 1.82) is 0 Å². The monoisotopic (exact) mass is 466 g/mol. The number of rotatable bonds is 6. The summed E-state index contributed by atoms with van der Waals surface area (Å²) in [6.45, 7) is 0. The molecule has 0 bridgehead atoms. The van der Waals surface area contributed by atoms with Crippen molar-refractivity contribution < 1.29 is 28.5 Å². The predicted molar refractivity (Wildman–Crippen MR) is 116 cm³/mol. The highest BCUT2D eigenvalue weighted by Crippen LogP contribution is 2.46. The van der Waals surface area contributed by atoms with Crippen LogP contribution >= 0.6 is 23.2 Å². The molecule has 1 unspecified atom stereocenters. The molecule has 0 saturated heterocycles. The van der Waals surface area contributed by atoms with Crippen LogP contribution in [-0.2, 0) is 9.53 Å². The summed E-state index contributed by atoms with van der Waals surface area (Å²) >= 11 is 12.7. The highest BCUT2D eigenvalue weighted by molar-refractivity contribution is 6.38. The van der Waals surface area contributed by atoms with Gasteiger partial charge in [0.25, 0.3) is 0 Å². The molecule has 3 rings (SSSR count). The Morgan fingerprint density at radius 3 is 2.16 bits per heavy atom. The van der Waals surface area contributed by atoms with E-state index < -0.39 is 18.0 Å². The number of nitrogens with one attached hydrogen (secondary N) is 2. The second-order valence-corrected chi connectivity index (χ2v) is 7.15. The molecule has 2 N–H and O–H groups in total. The van der Waals surface area contributed by atoms with Crippen LogP contribution in [0.25, 0.3) is 5.70 Å². The minimum absolute atomic E-state index is 0.107. The summed E-state index contributed by atoms with van der Waals surface area (Å²) in [6, 6.07) is 6.87. The van der Waals surface area contributed by atoms with E-state index in [1.54, 1.807) is 31.4 Å². The largest absolute Gasteiger partial charge is 0.497 e. The molecule has 8 nitrogen and oxygen atoms in total. The lowest BCUT2D eigenvalue weighted by Gasteiger charge is -2.30. The van der Waals surface area contributed by atoms with E-state index in [0.29, 0.717) is 16.9 Å². The molecule has 0 fully saturated rings. The summed E-state index contributed by atoms with van der Waals surface area (Å²) in [5, 5.41) is 5.69. The van der Waals surface area contributed by atoms with Gasteiger partial charge in [-0.2, -0.15) is 0 Å². The molecule has 0 saturated carbocycles. The van der Waals surface area contributed by atoms with E-state index in [9.17, 15) is 9.59 Å². The molecule has 164 valence electrons. The summed E-state index contributed by atoms with van der Waals surface area (Å²) in [4.78, 5) is 25.4. The van der Waals surface area contributed by atoms with Crippen LogP contribution < -0.4 is 24.8 Å². The molecule has 1 aliphatic rings. The molecule has 0 aliphatic carbocycles. The van der Waals surface area contributed by atoms with E-state index in [1.807, 2.05) is 0 Å². The number of carbonyl (C=O) groups excluding carboxylic acids is 2. The van der Waals surface area contributed by atoms with E-state index in [0.717, 1.165) is 0 Å². The first-order valence-electron chi connectivity index (χ1n) is 9.00. The highest BCUT2D eigenvalue weighted by Gasteiger charge is 2.37. The van der Waals surface area contributed by atoms with Crippen molar-refractivity contribution >= 4 is 40.9 Å². The summed E-state index contributed by atoms with van der Waals surface area (Å²) in [5.41, 5.74) is 1.35. The number of carbonyl (C=O) groups is 2. The molecular formula is C21H20Cl2N2O6. The molecule has 2 aromatic rings. The van der Waals surface area contributed by atoms with Gasteiger partial charge in [-0.05, 0) is 35.9 Å². The summed E-state index contributed by atoms with van der Waals surface area (Å²) in [6.07, 6.45) is 0. The van der Waals surface area contributed by atoms with Crippen molar-refractivity contribution in [1.82, 2.24) is 10.6 Å². The molecule has 0 aromatic heterocycles. The maximum absolute atomic E-state index is 12.8. The topological polar surface area (TPSA) is 95.1 Å². The number of esters is 1. The zero-order valence-corrected chi connectivity index (χ0v) is 18.7. The molecule has 2 amide bonds. The fourth-order valence-corrected chi connectivity index (χ4v) is 4.03. The van der Waals surface area contributed by atoms with Crippen molar-refractivity contribution in [3.63, 3.8) is 0 Å². The lowest BCUT2D eigenvalue weighted by Crippen LogP contribution is -2.45. The van der Waals surface area contributed by atoms with E-state index in [4.69, 9.17) is 42.1 Å². The first kappa shape index (κ1) is 22.6. The van der Waals surface area contributed by atoms with Gasteiger partial charge in [0, 0.05) is 5.56 Å². The van der Waals surface area contributed by atoms with E-state index in [2.05, 4.69) is 10.6 Å². The van der Waals surface area contributed by atoms with Gasteiger partial charge in [-0.1, -0.05) is 23.2 Å². The molecular weight excluding hydrogens is 447 g/mol. The first-order chi connectivity index (χ1) is 14.9. The van der Waals surface area contributed by atoms with Gasteiger partial charge < -0.3 is 29.6 Å². The second kappa shape index (κ2) is 9.36. The number of amides is 2. The maximum atomic E-state index is 12.8. The minimum atomic E-state index is -0.964. The molecule has 1 atom stereocenters. The quantitative estimate of drug-likeness (QED) is 0.625. The Morgan fingerprint density at radius 2 is 1.61 bits per heavy atom.